The van der Waals surface area contributed by atoms with E-state index >= 15 is 0 Å². The van der Waals surface area contributed by atoms with Crippen LogP contribution in [0, 0.1) is 0 Å². The molecular formula is C33H26ClF3N2O5S. The molecule has 1 unspecified atom stereocenters. The number of nitrogens with one attached hydrogen (secondary N) is 2. The van der Waals surface area contributed by atoms with Gasteiger partial charge in [-0.1, -0.05) is 54.1 Å². The topological polar surface area (TPSA) is 105 Å². The molecule has 4 aromatic rings. The lowest BCUT2D eigenvalue weighted by molar-refractivity contribution is -0.140. The van der Waals surface area contributed by atoms with Crippen molar-refractivity contribution < 1.29 is 37.4 Å². The molecule has 0 aliphatic heterocycles. The number of amides is 2. The lowest BCUT2D eigenvalue weighted by Crippen LogP contribution is -2.45. The van der Waals surface area contributed by atoms with Gasteiger partial charge in [-0.25, -0.2) is 4.79 Å². The average molecular weight is 655 g/mol. The van der Waals surface area contributed by atoms with Crippen molar-refractivity contribution in [2.24, 2.45) is 0 Å². The van der Waals surface area contributed by atoms with E-state index in [9.17, 15) is 32.7 Å². The van der Waals surface area contributed by atoms with Crippen molar-refractivity contribution in [3.63, 3.8) is 0 Å². The van der Waals surface area contributed by atoms with Crippen LogP contribution in [0.15, 0.2) is 109 Å². The zero-order valence-corrected chi connectivity index (χ0v) is 25.0. The Morgan fingerprint density at radius 1 is 0.889 bits per heavy atom. The Morgan fingerprint density at radius 2 is 1.58 bits per heavy atom. The zero-order chi connectivity index (χ0) is 32.4. The molecule has 0 aliphatic rings. The molecule has 4 rings (SSSR count). The summed E-state index contributed by atoms with van der Waals surface area (Å²) in [5, 5.41) is 15.2. The molecule has 12 heteroatoms. The van der Waals surface area contributed by atoms with E-state index in [1.807, 2.05) is 30.3 Å². The van der Waals surface area contributed by atoms with Gasteiger partial charge in [0.25, 0.3) is 11.8 Å². The number of aliphatic carboxylic acids is 1. The Hall–Kier alpha value is -4.74. The van der Waals surface area contributed by atoms with E-state index in [1.54, 1.807) is 48.5 Å². The van der Waals surface area contributed by atoms with E-state index in [4.69, 9.17) is 16.3 Å². The van der Waals surface area contributed by atoms with Crippen LogP contribution in [0.25, 0.3) is 6.08 Å². The van der Waals surface area contributed by atoms with Crippen LogP contribution in [-0.4, -0.2) is 34.7 Å². The Bertz CT molecular complexity index is 1660. The summed E-state index contributed by atoms with van der Waals surface area (Å²) in [5.41, 5.74) is -0.0346. The van der Waals surface area contributed by atoms with Gasteiger partial charge in [0.1, 0.15) is 23.2 Å². The average Bonchev–Trinajstić information content (AvgIpc) is 3.01. The van der Waals surface area contributed by atoms with Crippen molar-refractivity contribution in [2.45, 2.75) is 18.0 Å². The number of rotatable bonds is 12. The molecule has 0 aromatic heterocycles. The highest BCUT2D eigenvalue weighted by Gasteiger charge is 2.30. The van der Waals surface area contributed by atoms with Crippen molar-refractivity contribution in [3.05, 3.63) is 136 Å². The number of halogens is 4. The van der Waals surface area contributed by atoms with E-state index in [1.165, 1.54) is 17.8 Å². The number of carboxylic acid groups (broad SMARTS) is 1. The van der Waals surface area contributed by atoms with Crippen molar-refractivity contribution in [1.29, 1.82) is 0 Å². The van der Waals surface area contributed by atoms with Gasteiger partial charge in [0, 0.05) is 22.1 Å². The molecular weight excluding hydrogens is 629 g/mol. The zero-order valence-electron chi connectivity index (χ0n) is 23.4. The molecule has 0 bridgehead atoms. The molecule has 1 atom stereocenters. The predicted octanol–water partition coefficient (Wildman–Crippen LogP) is 7.42. The van der Waals surface area contributed by atoms with Gasteiger partial charge >= 0.3 is 12.1 Å². The van der Waals surface area contributed by atoms with Gasteiger partial charge in [-0.05, 0) is 77.9 Å². The van der Waals surface area contributed by atoms with Crippen LogP contribution in [0.5, 0.6) is 11.5 Å². The summed E-state index contributed by atoms with van der Waals surface area (Å²) in [6.07, 6.45) is -3.29. The molecule has 0 fully saturated rings. The van der Waals surface area contributed by atoms with Gasteiger partial charge in [0.15, 0.2) is 0 Å². The Morgan fingerprint density at radius 3 is 2.22 bits per heavy atom. The first-order valence-corrected chi connectivity index (χ1v) is 14.9. The highest BCUT2D eigenvalue weighted by molar-refractivity contribution is 7.98. The maximum atomic E-state index is 13.4. The Kier molecular flexibility index (Phi) is 11.3. The van der Waals surface area contributed by atoms with E-state index in [0.717, 1.165) is 29.8 Å². The standard InChI is InChI=1S/C33H26ClF3N2O5S/c34-25-13-15-26(16-14-25)44-27-8-4-7-22(17-27)18-28(38-30(40)23-9-11-24(12-10-23)33(35,36)37)31(41)39-29(32(42)43)20-45-19-21-5-2-1-3-6-21/h1-18,29H,19-20H2,(H,38,40)(H,39,41)(H,42,43). The molecule has 3 N–H and O–H groups in total. The van der Waals surface area contributed by atoms with Crippen LogP contribution in [0.1, 0.15) is 27.0 Å². The molecule has 0 aliphatic carbocycles. The molecule has 2 amide bonds. The lowest BCUT2D eigenvalue weighted by Gasteiger charge is -2.17. The number of thioether (sulfide) groups is 1. The second-order valence-corrected chi connectivity index (χ2v) is 11.0. The van der Waals surface area contributed by atoms with Crippen molar-refractivity contribution in [2.75, 3.05) is 5.75 Å². The molecule has 45 heavy (non-hydrogen) atoms. The Labute approximate surface area is 266 Å². The molecule has 0 radical (unpaired) electrons. The third kappa shape index (κ3) is 10.2. The number of carbonyl (C=O) groups excluding carboxylic acids is 2. The van der Waals surface area contributed by atoms with Crippen LogP contribution < -0.4 is 15.4 Å². The molecule has 0 spiro atoms. The minimum absolute atomic E-state index is 0.0283. The molecule has 0 heterocycles. The normalized spacial score (nSPS) is 12.2. The Balaban J connectivity index is 1.56. The van der Waals surface area contributed by atoms with Gasteiger partial charge in [-0.3, -0.25) is 9.59 Å². The third-order valence-electron chi connectivity index (χ3n) is 6.19. The predicted molar refractivity (Wildman–Crippen MR) is 167 cm³/mol. The maximum Gasteiger partial charge on any atom is 0.416 e. The molecule has 232 valence electrons. The van der Waals surface area contributed by atoms with Crippen LogP contribution in [0.3, 0.4) is 0 Å². The highest BCUT2D eigenvalue weighted by atomic mass is 35.5. The second-order valence-electron chi connectivity index (χ2n) is 9.58. The fraction of sp³-hybridized carbons (Fsp3) is 0.121. The van der Waals surface area contributed by atoms with Crippen molar-refractivity contribution in [1.82, 2.24) is 10.6 Å². The summed E-state index contributed by atoms with van der Waals surface area (Å²) in [6, 6.07) is 24.7. The summed E-state index contributed by atoms with van der Waals surface area (Å²) in [5.74, 6) is -1.65. The largest absolute Gasteiger partial charge is 0.480 e. The number of alkyl halides is 3. The fourth-order valence-electron chi connectivity index (χ4n) is 3.92. The summed E-state index contributed by atoms with van der Waals surface area (Å²) in [6.45, 7) is 0. The van der Waals surface area contributed by atoms with Crippen LogP contribution in [0.2, 0.25) is 5.02 Å². The first-order chi connectivity index (χ1) is 21.5. The third-order valence-corrected chi connectivity index (χ3v) is 7.54. The number of ether oxygens (including phenoxy) is 1. The molecule has 0 saturated carbocycles. The van der Waals surface area contributed by atoms with Crippen LogP contribution in [-0.2, 0) is 21.5 Å². The smallest absolute Gasteiger partial charge is 0.416 e. The minimum atomic E-state index is -4.59. The summed E-state index contributed by atoms with van der Waals surface area (Å²) >= 11 is 7.23. The van der Waals surface area contributed by atoms with Gasteiger partial charge in [0.2, 0.25) is 0 Å². The molecule has 7 nitrogen and oxygen atoms in total. The van der Waals surface area contributed by atoms with Crippen molar-refractivity contribution >= 4 is 47.2 Å². The first-order valence-electron chi connectivity index (χ1n) is 13.4. The van der Waals surface area contributed by atoms with E-state index in [-0.39, 0.29) is 17.0 Å². The van der Waals surface area contributed by atoms with Crippen molar-refractivity contribution in [3.8, 4) is 11.5 Å². The lowest BCUT2D eigenvalue weighted by atomic mass is 10.1. The minimum Gasteiger partial charge on any atom is -0.480 e. The number of carbonyl (C=O) groups is 3. The monoisotopic (exact) mass is 654 g/mol. The maximum absolute atomic E-state index is 13.4. The number of hydrogen-bond acceptors (Lipinski definition) is 5. The number of hydrogen-bond donors (Lipinski definition) is 3. The summed E-state index contributed by atoms with van der Waals surface area (Å²) < 4.78 is 44.9. The van der Waals surface area contributed by atoms with Gasteiger partial charge in [-0.2, -0.15) is 24.9 Å². The van der Waals surface area contributed by atoms with Gasteiger partial charge < -0.3 is 20.5 Å². The highest BCUT2D eigenvalue weighted by Crippen LogP contribution is 2.29. The second kappa shape index (κ2) is 15.3. The van der Waals surface area contributed by atoms with E-state index < -0.39 is 35.6 Å². The number of benzene rings is 4. The fourth-order valence-corrected chi connectivity index (χ4v) is 5.05. The first kappa shape index (κ1) is 33.2. The van der Waals surface area contributed by atoms with Crippen LogP contribution in [0.4, 0.5) is 13.2 Å². The quantitative estimate of drug-likeness (QED) is 0.137. The molecule has 0 saturated heterocycles. The van der Waals surface area contributed by atoms with Gasteiger partial charge in [-0.15, -0.1) is 0 Å². The van der Waals surface area contributed by atoms with Gasteiger partial charge in [0.05, 0.1) is 5.56 Å². The van der Waals surface area contributed by atoms with Crippen LogP contribution >= 0.6 is 23.4 Å². The van der Waals surface area contributed by atoms with E-state index in [2.05, 4.69) is 10.6 Å². The summed E-state index contributed by atoms with van der Waals surface area (Å²) in [7, 11) is 0. The molecule has 4 aromatic carbocycles. The summed E-state index contributed by atoms with van der Waals surface area (Å²) in [4.78, 5) is 38.4. The SMILES string of the molecule is O=C(NC(CSCc1ccccc1)C(=O)O)C(=Cc1cccc(Oc2ccc(Cl)cc2)c1)NC(=O)c1ccc(C(F)(F)F)cc1. The number of carboxylic acids is 1. The van der Waals surface area contributed by atoms with E-state index in [0.29, 0.717) is 27.8 Å².